The van der Waals surface area contributed by atoms with Crippen molar-refractivity contribution in [1.29, 1.82) is 0 Å². The van der Waals surface area contributed by atoms with Gasteiger partial charge in [-0.3, -0.25) is 24.0 Å². The van der Waals surface area contributed by atoms with E-state index < -0.39 is 100.0 Å². The van der Waals surface area contributed by atoms with Crippen LogP contribution in [0.4, 0.5) is 19.9 Å². The molecule has 588 valence electrons. The minimum atomic E-state index is -1.48. The Bertz CT molecular complexity index is 4210. The Morgan fingerprint density at radius 3 is 1.26 bits per heavy atom. The number of nitrogens with one attached hydrogen (secondary N) is 8. The normalized spacial score (nSPS) is 24.7. The summed E-state index contributed by atoms with van der Waals surface area (Å²) in [5, 5.41) is 42.2. The van der Waals surface area contributed by atoms with Crippen LogP contribution in [0.5, 0.6) is 11.5 Å². The molecule has 6 aliphatic carbocycles. The molecule has 9 N–H and O–H groups in total. The molecule has 25 nitrogen and oxygen atoms in total. The number of nitrogens with zero attached hydrogens (tertiary/aromatic N) is 6. The number of aromatic nitrogens is 4. The van der Waals surface area contributed by atoms with Gasteiger partial charge in [-0.15, -0.1) is 35.8 Å². The van der Waals surface area contributed by atoms with E-state index in [1.807, 2.05) is 115 Å². The summed E-state index contributed by atoms with van der Waals surface area (Å²) in [6.07, 6.45) is 20.2. The minimum absolute atomic E-state index is 0.0392. The molecule has 0 spiro atoms. The van der Waals surface area contributed by atoms with Gasteiger partial charge in [0.05, 0.1) is 35.5 Å². The van der Waals surface area contributed by atoms with Crippen molar-refractivity contribution in [3.63, 3.8) is 0 Å². The molecule has 4 aromatic heterocycles. The lowest BCUT2D eigenvalue weighted by molar-refractivity contribution is -0.146. The topological polar surface area (TPSA) is 330 Å². The molecular formula is C83H108N14O11S2. The second kappa shape index (κ2) is 32.6. The van der Waals surface area contributed by atoms with Gasteiger partial charge in [0.1, 0.15) is 70.3 Å². The van der Waals surface area contributed by atoms with Crippen LogP contribution in [0.3, 0.4) is 0 Å². The highest BCUT2D eigenvalue weighted by atomic mass is 32.1. The van der Waals surface area contributed by atoms with Crippen molar-refractivity contribution in [1.82, 2.24) is 61.6 Å². The van der Waals surface area contributed by atoms with Crippen LogP contribution < -0.4 is 52.0 Å². The Morgan fingerprint density at radius 2 is 0.909 bits per heavy atom. The Labute approximate surface area is 651 Å². The number of carbonyl (C=O) groups is 8. The number of ether oxygens (including phenoxy) is 2. The first-order chi connectivity index (χ1) is 52.5. The number of thiazole rings is 2. The molecule has 10 atom stereocenters. The molecule has 0 unspecified atom stereocenters. The van der Waals surface area contributed by atoms with E-state index in [1.54, 1.807) is 28.7 Å². The lowest BCUT2D eigenvalue weighted by atomic mass is 9.85. The fourth-order valence-corrected chi connectivity index (χ4v) is 18.5. The Morgan fingerprint density at radius 1 is 0.536 bits per heavy atom. The lowest BCUT2D eigenvalue weighted by Crippen LogP contribution is -2.60. The number of likely N-dealkylation sites (tertiary alicyclic amines) is 2. The van der Waals surface area contributed by atoms with Crippen LogP contribution in [0, 0.1) is 36.5 Å². The summed E-state index contributed by atoms with van der Waals surface area (Å²) in [4.78, 5) is 132. The summed E-state index contributed by atoms with van der Waals surface area (Å²) in [5.41, 5.74) is 2.41. The van der Waals surface area contributed by atoms with E-state index in [-0.39, 0.29) is 62.0 Å². The maximum atomic E-state index is 14.7. The molecular weight excluding hydrogens is 1430 g/mol. The molecule has 2 aromatic carbocycles. The van der Waals surface area contributed by atoms with Gasteiger partial charge in [-0.25, -0.2) is 34.3 Å². The molecule has 2 aliphatic heterocycles. The molecule has 6 heterocycles. The van der Waals surface area contributed by atoms with Crippen molar-refractivity contribution < 1.29 is 52.9 Å². The van der Waals surface area contributed by atoms with Gasteiger partial charge in [-0.2, -0.15) is 0 Å². The summed E-state index contributed by atoms with van der Waals surface area (Å²) in [7, 11) is 0. The van der Waals surface area contributed by atoms with E-state index in [9.17, 15) is 43.5 Å². The zero-order chi connectivity index (χ0) is 78.1. The van der Waals surface area contributed by atoms with E-state index in [0.717, 1.165) is 132 Å². The molecule has 8 aliphatic rings. The number of rotatable bonds is 24. The molecule has 110 heavy (non-hydrogen) atoms. The van der Waals surface area contributed by atoms with Gasteiger partial charge in [0.15, 0.2) is 16.0 Å². The SMILES string of the molecule is C=C[C@@H]1C[C@]1(NC(=O)[C@@H]1C[C@@H](Oc2cc(-c3csc(NC4CCCC4)n3)nc3cc(C)ccc23)CN1C(=O)[C@@H](NC(=O)NC1CCCC1)C(C)(C)C)C(=O)O.C=C[C@@H]1C[C@]1(NC(=O)[C@@H]1C[C@@H](Oc2cc(-c3csc(NC4CCCC4)n3)nc3cc(C)ccc23)CN1C(=O)[C@@H](NC(=O)NC1CCCC1)C(C)(C)C)C(C)=O. The Balaban J connectivity index is 0.000000193. The number of urea groups is 2. The maximum Gasteiger partial charge on any atom is 0.330 e. The molecule has 27 heteroatoms. The fourth-order valence-electron chi connectivity index (χ4n) is 16.9. The summed E-state index contributed by atoms with van der Waals surface area (Å²) in [6.45, 7) is 24.5. The number of anilines is 2. The number of aliphatic carboxylic acids is 1. The van der Waals surface area contributed by atoms with Gasteiger partial charge >= 0.3 is 18.0 Å². The third-order valence-electron chi connectivity index (χ3n) is 23.5. The zero-order valence-electron chi connectivity index (χ0n) is 64.9. The van der Waals surface area contributed by atoms with Gasteiger partial charge in [-0.1, -0.05) is 117 Å². The van der Waals surface area contributed by atoms with E-state index in [4.69, 9.17) is 29.4 Å². The number of carboxylic acid groups (broad SMARTS) is 1. The first-order valence-electron chi connectivity index (χ1n) is 39.5. The van der Waals surface area contributed by atoms with E-state index in [2.05, 4.69) is 55.7 Å². The maximum absolute atomic E-state index is 14.7. The molecule has 8 fully saturated rings. The van der Waals surface area contributed by atoms with Crippen molar-refractivity contribution in [3.8, 4) is 34.3 Å². The molecule has 6 aromatic rings. The number of carboxylic acids is 1. The number of pyridine rings is 2. The third kappa shape index (κ3) is 17.7. The standard InChI is InChI=1S/C42H55N7O5S.C41H53N7O6S/c1-7-26-21-42(26,25(3)50)48-37(51)34-19-29(22-49(34)38(52)36(41(4,5)6)47-39(53)43-27-12-8-9-13-27)54-35-20-32(45-31-18-24(2)16-17-30(31)35)33-23-55-40(46-33)44-28-14-10-11-15-28;1-6-24-20-41(24,37(51)52)47-35(49)32-18-27(21-48(32)36(50)34(40(3,4)5)46-38(53)42-25-11-7-8-12-25)54-33-19-30(44-29-17-23(2)15-16-28(29)33)31-22-55-39(45-31)43-26-13-9-10-14-26/h7,16-18,20,23,26-29,34,36H,1,8-15,19,21-22H2,2-6H3,(H,44,46)(H,48,51)(H2,43,47,53);6,15-17,19,22,24-27,32,34H,1,7-14,18,20-21H2,2-5H3,(H,43,45)(H,47,49)(H,51,52)(H2,42,46,53)/t26-,29-,34+,36-,42+;24-,27-,32+,34-,41-/m11/s1. The number of hydrogen-bond donors (Lipinski definition) is 9. The number of carbonyl (C=O) groups excluding carboxylic acids is 7. The van der Waals surface area contributed by atoms with E-state index in [1.165, 1.54) is 48.5 Å². The number of amides is 8. The lowest BCUT2D eigenvalue weighted by Gasteiger charge is -2.35. The van der Waals surface area contributed by atoms with Crippen molar-refractivity contribution in [3.05, 3.63) is 95.7 Å². The Hall–Kier alpha value is -9.24. The van der Waals surface area contributed by atoms with Crippen molar-refractivity contribution in [2.75, 3.05) is 23.7 Å². The molecule has 6 saturated carbocycles. The van der Waals surface area contributed by atoms with E-state index >= 15 is 0 Å². The number of ketones is 1. The number of benzene rings is 2. The second-order valence-corrected chi connectivity index (χ2v) is 35.7. The monoisotopic (exact) mass is 1540 g/mol. The van der Waals surface area contributed by atoms with E-state index in [0.29, 0.717) is 41.4 Å². The number of aryl methyl sites for hydroxylation is 2. The summed E-state index contributed by atoms with van der Waals surface area (Å²) < 4.78 is 13.6. The van der Waals surface area contributed by atoms with Gasteiger partial charge in [-0.05, 0) is 131 Å². The predicted octanol–water partition coefficient (Wildman–Crippen LogP) is 12.8. The second-order valence-electron chi connectivity index (χ2n) is 34.0. The predicted molar refractivity (Wildman–Crippen MR) is 427 cm³/mol. The van der Waals surface area contributed by atoms with Crippen molar-refractivity contribution in [2.24, 2.45) is 22.7 Å². The third-order valence-corrected chi connectivity index (χ3v) is 25.0. The zero-order valence-corrected chi connectivity index (χ0v) is 66.5. The van der Waals surface area contributed by atoms with Crippen LogP contribution in [0.15, 0.2) is 84.6 Å². The number of hydrogen-bond acceptors (Lipinski definition) is 18. The van der Waals surface area contributed by atoms with Crippen LogP contribution in [-0.2, 0) is 28.8 Å². The molecule has 14 rings (SSSR count). The highest BCUT2D eigenvalue weighted by molar-refractivity contribution is 7.14. The first-order valence-corrected chi connectivity index (χ1v) is 41.2. The van der Waals surface area contributed by atoms with Crippen LogP contribution in [0.1, 0.15) is 188 Å². The largest absolute Gasteiger partial charge is 0.488 e. The Kier molecular flexibility index (Phi) is 23.4. The highest BCUT2D eigenvalue weighted by Gasteiger charge is 2.62. The minimum Gasteiger partial charge on any atom is -0.488 e. The van der Waals surface area contributed by atoms with Gasteiger partial charge < -0.3 is 66.9 Å². The molecule has 8 amide bonds. The van der Waals surface area contributed by atoms with Crippen LogP contribution >= 0.6 is 22.7 Å². The van der Waals surface area contributed by atoms with Crippen molar-refractivity contribution >= 4 is 102 Å². The summed E-state index contributed by atoms with van der Waals surface area (Å²) in [6, 6.07) is 11.9. The summed E-state index contributed by atoms with van der Waals surface area (Å²) in [5.74, 6) is -2.64. The van der Waals surface area contributed by atoms with Crippen molar-refractivity contribution in [2.45, 2.75) is 262 Å². The smallest absolute Gasteiger partial charge is 0.330 e. The average molecular weight is 1540 g/mol. The highest BCUT2D eigenvalue weighted by Crippen LogP contribution is 2.47. The van der Waals surface area contributed by atoms with Gasteiger partial charge in [0.2, 0.25) is 23.6 Å². The fraction of sp³-hybridized carbons (Fsp3) is 0.566. The quantitative estimate of drug-likeness (QED) is 0.0254. The van der Waals surface area contributed by atoms with Crippen LogP contribution in [-0.4, -0.2) is 167 Å². The average Bonchev–Trinajstić information content (AvgIpc) is 1.58. The first kappa shape index (κ1) is 78.9. The van der Waals surface area contributed by atoms with Gasteiger partial charge in [0.25, 0.3) is 0 Å². The summed E-state index contributed by atoms with van der Waals surface area (Å²) >= 11 is 3.10. The van der Waals surface area contributed by atoms with Gasteiger partial charge in [0, 0.05) is 82.5 Å². The molecule has 0 radical (unpaired) electrons. The van der Waals surface area contributed by atoms with Crippen LogP contribution in [0.25, 0.3) is 44.6 Å². The molecule has 0 bridgehead atoms. The molecule has 2 saturated heterocycles. The number of Topliss-reactive ketones (excluding diaryl/α,β-unsaturated/α-hetero) is 1. The van der Waals surface area contributed by atoms with Crippen LogP contribution in [0.2, 0.25) is 0 Å². The number of fused-ring (bicyclic) bond motifs is 2.